The largest absolute Gasteiger partial charge is 0.382 e. The highest BCUT2D eigenvalue weighted by Gasteiger charge is 2.21. The van der Waals surface area contributed by atoms with E-state index in [1.54, 1.807) is 48.5 Å². The predicted octanol–water partition coefficient (Wildman–Crippen LogP) is 0.785. The highest BCUT2D eigenvalue weighted by Crippen LogP contribution is 2.31. The Morgan fingerprint density at radius 2 is 1.00 bits per heavy atom. The van der Waals surface area contributed by atoms with Crippen LogP contribution >= 0.6 is 0 Å². The molecule has 0 bridgehead atoms. The minimum Gasteiger partial charge on any atom is -0.382 e. The van der Waals surface area contributed by atoms with E-state index in [9.17, 15) is 9.59 Å². The monoisotopic (exact) mass is 644 g/mol. The molecule has 0 unspecified atom stereocenters. The van der Waals surface area contributed by atoms with Gasteiger partial charge in [-0.25, -0.2) is 32.7 Å². The van der Waals surface area contributed by atoms with E-state index in [2.05, 4.69) is 21.3 Å². The third kappa shape index (κ3) is 5.70. The number of hydrazone groups is 2. The Kier molecular flexibility index (Phi) is 8.40. The number of amides is 2. The van der Waals surface area contributed by atoms with E-state index in [-0.39, 0.29) is 11.7 Å². The van der Waals surface area contributed by atoms with E-state index in [0.29, 0.717) is 69.2 Å². The number of imidazole rings is 2. The maximum absolute atomic E-state index is 12.1. The van der Waals surface area contributed by atoms with Crippen molar-refractivity contribution in [1.29, 1.82) is 0 Å². The van der Waals surface area contributed by atoms with Gasteiger partial charge < -0.3 is 32.1 Å². The molecule has 0 saturated carbocycles. The van der Waals surface area contributed by atoms with E-state index < -0.39 is 11.8 Å². The quantitative estimate of drug-likeness (QED) is 0.0425. The van der Waals surface area contributed by atoms with Crippen LogP contribution in [0.5, 0.6) is 0 Å². The summed E-state index contributed by atoms with van der Waals surface area (Å²) < 4.78 is 4.02. The van der Waals surface area contributed by atoms with Crippen LogP contribution in [0.25, 0.3) is 44.8 Å². The standard InChI is InChI=1S/C32H32N14O2/c33-27(41-43-37)19-5-1-3-7-21(19)31-39-23-15-17(29(35)47)9-11-25(23)45(31)13-14-46-26-12-10-18(30(36)48)16-24(26)40-32(46)22-8-4-2-6-20(22)28(34)42-44-38/h1-12,15-16,43-44H,13-14,37-38H2,(H2,33,41)(H2,34,42)(H2,35,47)(H2,36,48). The normalized spacial score (nSPS) is 12.0. The molecule has 2 heterocycles. The molecule has 242 valence electrons. The second-order valence-corrected chi connectivity index (χ2v) is 10.7. The number of aryl methyl sites for hydroxylation is 2. The van der Waals surface area contributed by atoms with Crippen LogP contribution < -0.4 is 45.7 Å². The number of hydrogen-bond acceptors (Lipinski definition) is 10. The van der Waals surface area contributed by atoms with Crippen molar-refractivity contribution in [3.8, 4) is 22.8 Å². The fraction of sp³-hybridized carbons (Fsp3) is 0.0625. The van der Waals surface area contributed by atoms with Gasteiger partial charge in [-0.3, -0.25) is 9.59 Å². The number of amidine groups is 2. The Labute approximate surface area is 273 Å². The minimum absolute atomic E-state index is 0.153. The Morgan fingerprint density at radius 1 is 0.604 bits per heavy atom. The Hall–Kier alpha value is -6.78. The Morgan fingerprint density at radius 3 is 1.38 bits per heavy atom. The van der Waals surface area contributed by atoms with Crippen molar-refractivity contribution < 1.29 is 9.59 Å². The molecule has 16 heteroatoms. The van der Waals surface area contributed by atoms with Crippen molar-refractivity contribution in [2.75, 3.05) is 0 Å². The lowest BCUT2D eigenvalue weighted by Crippen LogP contribution is -2.24. The van der Waals surface area contributed by atoms with Gasteiger partial charge in [-0.1, -0.05) is 48.5 Å². The van der Waals surface area contributed by atoms with Crippen molar-refractivity contribution in [3.63, 3.8) is 0 Å². The molecule has 2 amide bonds. The van der Waals surface area contributed by atoms with Gasteiger partial charge in [-0.15, -0.1) is 10.2 Å². The molecule has 48 heavy (non-hydrogen) atoms. The molecule has 6 rings (SSSR count). The fourth-order valence-electron chi connectivity index (χ4n) is 5.69. The maximum Gasteiger partial charge on any atom is 0.248 e. The third-order valence-corrected chi connectivity index (χ3v) is 7.87. The summed E-state index contributed by atoms with van der Waals surface area (Å²) in [7, 11) is 0. The van der Waals surface area contributed by atoms with Crippen LogP contribution in [0.4, 0.5) is 0 Å². The SMILES string of the molecule is NN/N=C(\N)c1ccccc1-c1nc2cc(C(N)=O)ccc2n1CCn1c(-c2ccccc2/C(N)=N/NN)nc2cc(C(N)=O)ccc21. The second-order valence-electron chi connectivity index (χ2n) is 10.7. The summed E-state index contributed by atoms with van der Waals surface area (Å²) in [6, 6.07) is 24.9. The molecule has 0 atom stereocenters. The summed E-state index contributed by atoms with van der Waals surface area (Å²) in [5.74, 6) is 11.1. The van der Waals surface area contributed by atoms with E-state index in [0.717, 1.165) is 11.0 Å². The van der Waals surface area contributed by atoms with Crippen molar-refractivity contribution in [2.24, 2.45) is 44.8 Å². The molecule has 0 aliphatic carbocycles. The summed E-state index contributed by atoms with van der Waals surface area (Å²) in [5, 5.41) is 7.94. The maximum atomic E-state index is 12.1. The van der Waals surface area contributed by atoms with Crippen LogP contribution in [0.1, 0.15) is 31.8 Å². The molecule has 0 aliphatic heterocycles. The number of fused-ring (bicyclic) bond motifs is 2. The first-order valence-corrected chi connectivity index (χ1v) is 14.6. The minimum atomic E-state index is -0.574. The van der Waals surface area contributed by atoms with Gasteiger partial charge in [0.25, 0.3) is 0 Å². The number of hydrazine groups is 2. The average Bonchev–Trinajstić information content (AvgIpc) is 3.64. The van der Waals surface area contributed by atoms with Crippen LogP contribution in [0.2, 0.25) is 0 Å². The summed E-state index contributed by atoms with van der Waals surface area (Å²) in [6.07, 6.45) is 0. The lowest BCUT2D eigenvalue weighted by molar-refractivity contribution is 0.0992. The van der Waals surface area contributed by atoms with Crippen LogP contribution in [-0.2, 0) is 13.1 Å². The van der Waals surface area contributed by atoms with Gasteiger partial charge in [0, 0.05) is 46.5 Å². The number of nitrogens with two attached hydrogens (primary N) is 6. The molecule has 0 saturated heterocycles. The number of primary amides is 2. The number of benzene rings is 4. The number of hydrogen-bond donors (Lipinski definition) is 8. The molecule has 0 aliphatic rings. The van der Waals surface area contributed by atoms with E-state index >= 15 is 0 Å². The second kappa shape index (κ2) is 12.9. The van der Waals surface area contributed by atoms with Crippen LogP contribution in [0.15, 0.2) is 95.1 Å². The summed E-state index contributed by atoms with van der Waals surface area (Å²) in [5.41, 5.74) is 34.0. The Balaban J connectivity index is 1.55. The fourth-order valence-corrected chi connectivity index (χ4v) is 5.69. The zero-order valence-electron chi connectivity index (χ0n) is 25.5. The highest BCUT2D eigenvalue weighted by atomic mass is 16.1. The summed E-state index contributed by atoms with van der Waals surface area (Å²) in [6.45, 7) is 0.739. The molecule has 0 spiro atoms. The number of nitrogens with one attached hydrogen (secondary N) is 2. The van der Waals surface area contributed by atoms with Gasteiger partial charge in [-0.05, 0) is 36.4 Å². The molecule has 2 aromatic heterocycles. The van der Waals surface area contributed by atoms with Crippen LogP contribution in [0, 0.1) is 0 Å². The van der Waals surface area contributed by atoms with E-state index in [1.165, 1.54) is 0 Å². The highest BCUT2D eigenvalue weighted by molar-refractivity contribution is 6.05. The number of rotatable bonds is 11. The molecule has 4 aromatic carbocycles. The summed E-state index contributed by atoms with van der Waals surface area (Å²) >= 11 is 0. The van der Waals surface area contributed by atoms with Gasteiger partial charge in [0.2, 0.25) is 11.8 Å². The number of aromatic nitrogens is 4. The van der Waals surface area contributed by atoms with Gasteiger partial charge >= 0.3 is 0 Å². The third-order valence-electron chi connectivity index (χ3n) is 7.87. The first-order valence-electron chi connectivity index (χ1n) is 14.6. The zero-order valence-corrected chi connectivity index (χ0v) is 25.5. The molecule has 16 nitrogen and oxygen atoms in total. The van der Waals surface area contributed by atoms with E-state index in [1.807, 2.05) is 45.5 Å². The smallest absolute Gasteiger partial charge is 0.248 e. The average molecular weight is 645 g/mol. The molecule has 14 N–H and O–H groups in total. The molecule has 0 radical (unpaired) electrons. The molecule has 6 aromatic rings. The molecule has 0 fully saturated rings. The zero-order chi connectivity index (χ0) is 33.9. The predicted molar refractivity (Wildman–Crippen MR) is 183 cm³/mol. The Bertz CT molecular complexity index is 2110. The van der Waals surface area contributed by atoms with Gasteiger partial charge in [0.15, 0.2) is 11.7 Å². The lowest BCUT2D eigenvalue weighted by atomic mass is 10.1. The van der Waals surface area contributed by atoms with Gasteiger partial charge in [0.05, 0.1) is 22.1 Å². The molecular formula is C32H32N14O2. The van der Waals surface area contributed by atoms with Crippen molar-refractivity contribution in [3.05, 3.63) is 107 Å². The number of carbonyl (C=O) groups excluding carboxylic acids is 2. The van der Waals surface area contributed by atoms with Gasteiger partial charge in [-0.2, -0.15) is 0 Å². The first-order chi connectivity index (χ1) is 23.2. The van der Waals surface area contributed by atoms with E-state index in [4.69, 9.17) is 44.6 Å². The van der Waals surface area contributed by atoms with Crippen molar-refractivity contribution in [1.82, 2.24) is 30.2 Å². The topological polar surface area (TPSA) is 275 Å². The van der Waals surface area contributed by atoms with Crippen molar-refractivity contribution in [2.45, 2.75) is 13.1 Å². The lowest BCUT2D eigenvalue weighted by Gasteiger charge is -2.16. The molecular weight excluding hydrogens is 612 g/mol. The van der Waals surface area contributed by atoms with Gasteiger partial charge in [0.1, 0.15) is 11.6 Å². The van der Waals surface area contributed by atoms with Crippen molar-refractivity contribution >= 4 is 45.6 Å². The number of carbonyl (C=O) groups is 2. The van der Waals surface area contributed by atoms with Crippen LogP contribution in [0.3, 0.4) is 0 Å². The first kappa shape index (κ1) is 31.2. The summed E-state index contributed by atoms with van der Waals surface area (Å²) in [4.78, 5) is 34.0. The number of nitrogens with zero attached hydrogens (tertiary/aromatic N) is 6. The van der Waals surface area contributed by atoms with Crippen LogP contribution in [-0.4, -0.2) is 42.6 Å².